The van der Waals surface area contributed by atoms with Crippen LogP contribution in [0.15, 0.2) is 303 Å². The molecule has 20 aromatic rings. The van der Waals surface area contributed by atoms with Crippen molar-refractivity contribution in [3.05, 3.63) is 328 Å². The number of rotatable bonds is 20. The van der Waals surface area contributed by atoms with E-state index < -0.39 is 6.67 Å². The van der Waals surface area contributed by atoms with Crippen LogP contribution in [0.25, 0.3) is 168 Å². The van der Waals surface area contributed by atoms with E-state index in [4.69, 9.17) is 83.1 Å². The highest BCUT2D eigenvalue weighted by atomic mass is 35.5. The number of halogens is 6. The number of carbonyl (C=O) groups excluding carboxylic acids is 1. The van der Waals surface area contributed by atoms with E-state index in [2.05, 4.69) is 68.2 Å². The number of alkyl halides is 1. The number of ketones is 1. The van der Waals surface area contributed by atoms with Crippen molar-refractivity contribution in [2.24, 2.45) is 5.92 Å². The molecular weight excluding hydrogens is 1730 g/mol. The number of nitrogens with zero attached hydrogens (tertiary/aromatic N) is 20. The molecule has 10 aromatic carbocycles. The summed E-state index contributed by atoms with van der Waals surface area (Å²) in [4.78, 5) is 11.4. The van der Waals surface area contributed by atoms with Gasteiger partial charge in [0.25, 0.3) is 0 Å². The Morgan fingerprint density at radius 3 is 0.777 bits per heavy atom. The molecule has 1 atom stereocenters. The average Bonchev–Trinajstić information content (AvgIpc) is 1.60. The van der Waals surface area contributed by atoms with Gasteiger partial charge in [-0.1, -0.05) is 361 Å². The summed E-state index contributed by atoms with van der Waals surface area (Å²) in [6.07, 6.45) is 5.16. The topological polar surface area (TPSA) is 244 Å². The lowest BCUT2D eigenvalue weighted by atomic mass is 10.1. The molecule has 22 rings (SSSR count). The molecule has 0 bridgehead atoms. The molecule has 644 valence electrons. The molecule has 2 aliphatic rings. The minimum atomic E-state index is -0.537. The zero-order valence-corrected chi connectivity index (χ0v) is 74.3. The van der Waals surface area contributed by atoms with Gasteiger partial charge in [-0.15, -0.1) is 51.0 Å². The molecule has 0 N–H and O–H groups in total. The average molecular weight is 1820 g/mol. The fraction of sp³-hybridized carbons (Fsp3) is 0.157. The molecule has 1 saturated carbocycles. The van der Waals surface area contributed by atoms with Crippen LogP contribution in [0, 0.1) is 5.92 Å². The largest absolute Gasteiger partial charge is 0.376 e. The number of hydrogen-bond acceptors (Lipinski definition) is 17. The van der Waals surface area contributed by atoms with Gasteiger partial charge < -0.3 is 4.74 Å². The molecule has 1 saturated heterocycles. The Hall–Kier alpha value is -14.0. The molecule has 10 aromatic heterocycles. The number of benzene rings is 10. The van der Waals surface area contributed by atoms with Gasteiger partial charge in [0, 0.05) is 81.8 Å². The van der Waals surface area contributed by atoms with E-state index in [1.165, 1.54) is 17.5 Å². The smallest absolute Gasteiger partial charge is 0.182 e. The number of Topliss-reactive ketones (excluding diaryl/α,β-unsaturated/α-hetero) is 1. The van der Waals surface area contributed by atoms with Crippen molar-refractivity contribution in [3.63, 3.8) is 0 Å². The molecule has 0 amide bonds. The van der Waals surface area contributed by atoms with E-state index in [1.54, 1.807) is 11.6 Å². The molecule has 1 aliphatic carbocycles. The number of hydrogen-bond donors (Lipinski definition) is 0. The van der Waals surface area contributed by atoms with Gasteiger partial charge in [-0.25, -0.2) is 27.8 Å². The number of ether oxygens (including phenoxy) is 1. The molecule has 22 nitrogen and oxygen atoms in total. The second kappa shape index (κ2) is 40.1. The maximum absolute atomic E-state index is 12.9. The molecule has 11 heterocycles. The summed E-state index contributed by atoms with van der Waals surface area (Å²) < 4.78 is 27.7. The molecule has 0 radical (unpaired) electrons. The number of carbonyl (C=O) groups is 1. The normalized spacial score (nSPS) is 12.9. The van der Waals surface area contributed by atoms with Crippen molar-refractivity contribution in [2.75, 3.05) is 13.3 Å². The van der Waals surface area contributed by atoms with Crippen LogP contribution in [0.5, 0.6) is 0 Å². The van der Waals surface area contributed by atoms with Crippen LogP contribution in [-0.2, 0) is 42.3 Å². The summed E-state index contributed by atoms with van der Waals surface area (Å²) in [7, 11) is 0. The maximum atomic E-state index is 12.9. The fourth-order valence-corrected chi connectivity index (χ4v) is 17.2. The Morgan fingerprint density at radius 1 is 0.308 bits per heavy atom. The lowest BCUT2D eigenvalue weighted by Crippen LogP contribution is -2.16. The highest BCUT2D eigenvalue weighted by Gasteiger charge is 2.30. The molecular formula is C102H82Cl5FN20O2. The number of fused-ring (bicyclic) bond motifs is 5. The van der Waals surface area contributed by atoms with E-state index in [1.807, 2.05) is 312 Å². The first-order chi connectivity index (χ1) is 63.9. The SMILES string of the molecule is CC(=O)CCn1nc(-c2ccccc2)c2c(Cl)c(-c3ccccc3)nnc21.CCn1nc(-c2ccccc2)c2c(Cl)c(-c3ccccc3)nnc21.Clc1c(-c2ccccc2)nnc2c1c(-c1ccccc1)nn2CC1CC1.Clc1c(-c2ccccc2)nnc2c1c(-c1ccccc1)nn2C[C@H]1CCCO1.FCCn1nc(-c2ccccc2)c2c(Cl)c(-c3ccccc3)nnc21. The van der Waals surface area contributed by atoms with Crippen LogP contribution in [0.2, 0.25) is 25.1 Å². The van der Waals surface area contributed by atoms with Crippen molar-refractivity contribution >= 4 is 119 Å². The summed E-state index contributed by atoms with van der Waals surface area (Å²) in [6.45, 7) is 6.65. The van der Waals surface area contributed by atoms with E-state index in [-0.39, 0.29) is 18.4 Å². The quantitative estimate of drug-likeness (QED) is 0.0688. The van der Waals surface area contributed by atoms with Gasteiger partial charge in [-0.2, -0.15) is 25.5 Å². The monoisotopic (exact) mass is 1810 g/mol. The Labute approximate surface area is 772 Å². The molecule has 130 heavy (non-hydrogen) atoms. The van der Waals surface area contributed by atoms with Gasteiger partial charge in [0.05, 0.1) is 77.8 Å². The third-order valence-corrected chi connectivity index (χ3v) is 24.1. The summed E-state index contributed by atoms with van der Waals surface area (Å²) in [5.74, 6) is 0.788. The van der Waals surface area contributed by atoms with Crippen LogP contribution in [0.3, 0.4) is 0 Å². The third-order valence-electron chi connectivity index (χ3n) is 22.3. The first-order valence-electron chi connectivity index (χ1n) is 42.7. The van der Waals surface area contributed by atoms with Crippen LogP contribution in [0.4, 0.5) is 4.39 Å². The summed E-state index contributed by atoms with van der Waals surface area (Å²) in [5.41, 5.74) is 20.0. The minimum Gasteiger partial charge on any atom is -0.376 e. The fourth-order valence-electron chi connectivity index (χ4n) is 15.6. The first kappa shape index (κ1) is 86.7. The van der Waals surface area contributed by atoms with Crippen LogP contribution in [-0.4, -0.2) is 125 Å². The summed E-state index contributed by atoms with van der Waals surface area (Å²) in [5, 5.41) is 74.4. The predicted octanol–water partition coefficient (Wildman–Crippen LogP) is 24.6. The van der Waals surface area contributed by atoms with Crippen molar-refractivity contribution in [1.82, 2.24) is 99.9 Å². The van der Waals surface area contributed by atoms with Gasteiger partial charge in [0.2, 0.25) is 0 Å². The lowest BCUT2D eigenvalue weighted by Gasteiger charge is -2.10. The van der Waals surface area contributed by atoms with Crippen molar-refractivity contribution in [2.45, 2.75) is 84.8 Å². The molecule has 2 fully saturated rings. The Kier molecular flexibility index (Phi) is 26.7. The molecule has 1 aliphatic heterocycles. The van der Waals surface area contributed by atoms with Crippen LogP contribution >= 0.6 is 58.0 Å². The van der Waals surface area contributed by atoms with Crippen molar-refractivity contribution in [1.29, 1.82) is 0 Å². The van der Waals surface area contributed by atoms with Crippen molar-refractivity contribution < 1.29 is 13.9 Å². The Bertz CT molecular complexity index is 7330. The molecule has 28 heteroatoms. The number of aromatic nitrogens is 20. The van der Waals surface area contributed by atoms with Gasteiger partial charge >= 0.3 is 0 Å². The van der Waals surface area contributed by atoms with Gasteiger partial charge in [0.1, 0.15) is 69.4 Å². The highest BCUT2D eigenvalue weighted by molar-refractivity contribution is 6.41. The highest BCUT2D eigenvalue weighted by Crippen LogP contribution is 2.45. The second-order valence-electron chi connectivity index (χ2n) is 31.1. The van der Waals surface area contributed by atoms with Gasteiger partial charge in [-0.05, 0) is 45.4 Å². The Morgan fingerprint density at radius 2 is 0.538 bits per heavy atom. The van der Waals surface area contributed by atoms with E-state index in [9.17, 15) is 9.18 Å². The standard InChI is InChI=1S/C22H19ClN4O.C21H17ClN4O.C21H17ClN4.C19H14ClFN4.C19H15ClN4/c23-19-18-20(15-8-3-1-4-9-15)26-27(14-17-12-7-13-28-17)22(18)25-24-21(19)16-10-5-2-6-11-16;1-14(27)12-13-26-21-17(19(25-26)15-8-4-2-5-9-15)18(22)20(23-24-21)16-10-6-3-7-11-16;22-18-17-19(15-7-3-1-4-8-15)25-26(13-14-11-12-14)21(17)24-23-20(18)16-9-5-2-6-10-16;20-16-15-17(13-7-3-1-4-8-13)24-25(12-11-21)19(15)23-22-18(16)14-9-5-2-6-10-14;1-2-24-19-15(17(23-24)13-9-5-3-6-10-13)16(20)18(21-22-19)14-11-7-4-8-12-14/h1-6,8-11,17H,7,12-14H2;2-11H,12-13H2,1H3;1-10,14H,11-13H2;1-10H,11-12H2;3-12H,2H2,1H3/t17-;;;;/m1..../s1. The lowest BCUT2D eigenvalue weighted by molar-refractivity contribution is -0.117. The zero-order chi connectivity index (χ0) is 89.0. The number of aryl methyl sites for hydroxylation is 3. The molecule has 0 spiro atoms. The second-order valence-corrected chi connectivity index (χ2v) is 32.9. The summed E-state index contributed by atoms with van der Waals surface area (Å²) in [6, 6.07) is 98.8. The summed E-state index contributed by atoms with van der Waals surface area (Å²) >= 11 is 33.9. The van der Waals surface area contributed by atoms with Crippen molar-refractivity contribution in [3.8, 4) is 113 Å². The van der Waals surface area contributed by atoms with E-state index in [0.717, 1.165) is 132 Å². The zero-order valence-electron chi connectivity index (χ0n) is 70.5. The minimum absolute atomic E-state index is 0.0971. The maximum Gasteiger partial charge on any atom is 0.182 e. The Balaban J connectivity index is 0.000000109. The van der Waals surface area contributed by atoms with Gasteiger partial charge in [0.15, 0.2) is 28.2 Å². The van der Waals surface area contributed by atoms with E-state index in [0.29, 0.717) is 119 Å². The van der Waals surface area contributed by atoms with Gasteiger partial charge in [-0.3, -0.25) is 4.79 Å². The first-order valence-corrected chi connectivity index (χ1v) is 44.6. The molecule has 0 unspecified atom stereocenters. The third kappa shape index (κ3) is 18.7. The predicted molar refractivity (Wildman–Crippen MR) is 515 cm³/mol. The van der Waals surface area contributed by atoms with Crippen LogP contribution in [0.1, 0.15) is 46.0 Å². The van der Waals surface area contributed by atoms with E-state index >= 15 is 0 Å². The van der Waals surface area contributed by atoms with Crippen LogP contribution < -0.4 is 0 Å².